The highest BCUT2D eigenvalue weighted by Crippen LogP contribution is 1.71. The van der Waals surface area contributed by atoms with Gasteiger partial charge in [0, 0.05) is 6.21 Å². The van der Waals surface area contributed by atoms with Crippen molar-refractivity contribution in [2.45, 2.75) is 34.6 Å². The lowest BCUT2D eigenvalue weighted by molar-refractivity contribution is 1.50. The van der Waals surface area contributed by atoms with Gasteiger partial charge in [-0.1, -0.05) is 34.3 Å². The van der Waals surface area contributed by atoms with Gasteiger partial charge in [-0.3, -0.25) is 0 Å². The van der Waals surface area contributed by atoms with Gasteiger partial charge < -0.3 is 5.41 Å². The molecular formula is C8H19N. The number of allylic oxidation sites excluding steroid dienone is 1. The van der Waals surface area contributed by atoms with E-state index in [0.717, 1.165) is 5.57 Å². The largest absolute Gasteiger partial charge is 0.309 e. The van der Waals surface area contributed by atoms with Gasteiger partial charge in [-0.2, -0.15) is 0 Å². The highest BCUT2D eigenvalue weighted by atomic mass is 14.3. The van der Waals surface area contributed by atoms with Crippen molar-refractivity contribution in [1.29, 1.82) is 5.41 Å². The summed E-state index contributed by atoms with van der Waals surface area (Å²) in [7, 11) is 0. The summed E-state index contributed by atoms with van der Waals surface area (Å²) in [6.45, 7) is 13.2. The lowest BCUT2D eigenvalue weighted by atomic mass is 10.4. The molecule has 0 heterocycles. The van der Waals surface area contributed by atoms with Gasteiger partial charge in [0.25, 0.3) is 0 Å². The van der Waals surface area contributed by atoms with E-state index in [2.05, 4.69) is 6.58 Å². The second-order valence-electron chi connectivity index (χ2n) is 0.991. The smallest absolute Gasteiger partial charge is 0.0201 e. The molecule has 0 amide bonds. The van der Waals surface area contributed by atoms with Crippen LogP contribution in [-0.2, 0) is 0 Å². The molecule has 0 unspecified atom stereocenters. The summed E-state index contributed by atoms with van der Waals surface area (Å²) in [5.74, 6) is 0. The molecule has 0 spiro atoms. The molecule has 0 saturated carbocycles. The van der Waals surface area contributed by atoms with Crippen LogP contribution < -0.4 is 0 Å². The first-order valence-electron chi connectivity index (χ1n) is 3.43. The molecule has 0 aromatic heterocycles. The van der Waals surface area contributed by atoms with Crippen molar-refractivity contribution in [2.24, 2.45) is 0 Å². The van der Waals surface area contributed by atoms with Crippen molar-refractivity contribution >= 4 is 6.21 Å². The van der Waals surface area contributed by atoms with Crippen LogP contribution in [0.2, 0.25) is 0 Å². The second-order valence-corrected chi connectivity index (χ2v) is 0.991. The minimum Gasteiger partial charge on any atom is -0.309 e. The quantitative estimate of drug-likeness (QED) is 0.525. The van der Waals surface area contributed by atoms with Crippen LogP contribution in [0, 0.1) is 5.41 Å². The van der Waals surface area contributed by atoms with Crippen molar-refractivity contribution in [3.8, 4) is 0 Å². The second kappa shape index (κ2) is 26.2. The van der Waals surface area contributed by atoms with Crippen LogP contribution in [-0.4, -0.2) is 6.21 Å². The van der Waals surface area contributed by atoms with Gasteiger partial charge in [-0.15, -0.1) is 0 Å². The molecule has 1 heteroatoms. The lowest BCUT2D eigenvalue weighted by Gasteiger charge is -1.69. The maximum Gasteiger partial charge on any atom is 0.0201 e. The van der Waals surface area contributed by atoms with Crippen LogP contribution in [0.1, 0.15) is 34.6 Å². The first-order valence-corrected chi connectivity index (χ1v) is 3.43. The fraction of sp³-hybridized carbons (Fsp3) is 0.625. The van der Waals surface area contributed by atoms with Gasteiger partial charge in [0.15, 0.2) is 0 Å². The summed E-state index contributed by atoms with van der Waals surface area (Å²) in [4.78, 5) is 0. The van der Waals surface area contributed by atoms with Gasteiger partial charge in [0.1, 0.15) is 0 Å². The van der Waals surface area contributed by atoms with E-state index < -0.39 is 0 Å². The Morgan fingerprint density at radius 2 is 1.33 bits per heavy atom. The van der Waals surface area contributed by atoms with Crippen LogP contribution >= 0.6 is 0 Å². The molecule has 9 heavy (non-hydrogen) atoms. The molecule has 0 aromatic rings. The summed E-state index contributed by atoms with van der Waals surface area (Å²) < 4.78 is 0. The van der Waals surface area contributed by atoms with Crippen LogP contribution in [0.5, 0.6) is 0 Å². The summed E-state index contributed by atoms with van der Waals surface area (Å²) in [5.41, 5.74) is 0.796. The first-order chi connectivity index (χ1) is 4.27. The number of hydrogen-bond donors (Lipinski definition) is 1. The maximum atomic E-state index is 6.43. The molecule has 0 fully saturated rings. The van der Waals surface area contributed by atoms with Crippen LogP contribution in [0.25, 0.3) is 0 Å². The highest BCUT2D eigenvalue weighted by Gasteiger charge is 1.61. The lowest BCUT2D eigenvalue weighted by Crippen LogP contribution is -1.63. The molecule has 0 aliphatic carbocycles. The molecule has 0 atom stereocenters. The molecule has 0 aromatic carbocycles. The fourth-order valence-corrected chi connectivity index (χ4v) is 0. The third kappa shape index (κ3) is 109. The van der Waals surface area contributed by atoms with Gasteiger partial charge in [0.2, 0.25) is 0 Å². The van der Waals surface area contributed by atoms with E-state index in [9.17, 15) is 0 Å². The zero-order valence-electron chi connectivity index (χ0n) is 7.28. The Morgan fingerprint density at radius 1 is 1.22 bits per heavy atom. The van der Waals surface area contributed by atoms with E-state index in [4.69, 9.17) is 5.41 Å². The van der Waals surface area contributed by atoms with Crippen molar-refractivity contribution in [3.63, 3.8) is 0 Å². The number of hydrogen-bond acceptors (Lipinski definition) is 1. The minimum absolute atomic E-state index is 0.796. The summed E-state index contributed by atoms with van der Waals surface area (Å²) in [6.07, 6.45) is 1.22. The summed E-state index contributed by atoms with van der Waals surface area (Å²) in [5, 5.41) is 6.43. The molecular weight excluding hydrogens is 110 g/mol. The third-order valence-corrected chi connectivity index (χ3v) is 0.246. The Morgan fingerprint density at radius 3 is 1.33 bits per heavy atom. The molecule has 1 nitrogen and oxygen atoms in total. The normalized spacial score (nSPS) is 5.00. The van der Waals surface area contributed by atoms with Gasteiger partial charge >= 0.3 is 0 Å². The average Bonchev–Trinajstić information content (AvgIpc) is 1.97. The Hall–Kier alpha value is -0.590. The van der Waals surface area contributed by atoms with Crippen molar-refractivity contribution in [1.82, 2.24) is 0 Å². The molecule has 0 saturated heterocycles. The molecule has 1 N–H and O–H groups in total. The predicted molar refractivity (Wildman–Crippen MR) is 46.3 cm³/mol. The summed E-state index contributed by atoms with van der Waals surface area (Å²) >= 11 is 0. The van der Waals surface area contributed by atoms with Crippen molar-refractivity contribution in [2.75, 3.05) is 0 Å². The van der Waals surface area contributed by atoms with Crippen molar-refractivity contribution in [3.05, 3.63) is 12.2 Å². The topological polar surface area (TPSA) is 23.9 Å². The Bertz CT molecular complexity index is 55.6. The molecule has 56 valence electrons. The third-order valence-electron chi connectivity index (χ3n) is 0.246. The Labute approximate surface area is 59.3 Å². The minimum atomic E-state index is 0.796. The molecule has 0 aliphatic heterocycles. The van der Waals surface area contributed by atoms with Crippen LogP contribution in [0.3, 0.4) is 0 Å². The number of rotatable bonds is 1. The first kappa shape index (κ1) is 15.8. The fourth-order valence-electron chi connectivity index (χ4n) is 0. The van der Waals surface area contributed by atoms with Gasteiger partial charge in [-0.25, -0.2) is 0 Å². The SMILES string of the molecule is C=C(C)C=N.CC.CC. The zero-order valence-corrected chi connectivity index (χ0v) is 7.28. The Kier molecular flexibility index (Phi) is 45.9. The van der Waals surface area contributed by atoms with E-state index in [-0.39, 0.29) is 0 Å². The summed E-state index contributed by atoms with van der Waals surface area (Å²) in [6, 6.07) is 0. The van der Waals surface area contributed by atoms with E-state index >= 15 is 0 Å². The molecule has 0 bridgehead atoms. The standard InChI is InChI=1S/C4H7N.2C2H6/c1-4(2)3-5;2*1-2/h3,5H,1H2,2H3;2*1-2H3. The maximum absolute atomic E-state index is 6.43. The van der Waals surface area contributed by atoms with Gasteiger partial charge in [-0.05, 0) is 12.5 Å². The number of nitrogens with one attached hydrogen (secondary N) is 1. The monoisotopic (exact) mass is 129 g/mol. The zero-order chi connectivity index (χ0) is 8.28. The Balaban J connectivity index is -0.0000000771. The average molecular weight is 129 g/mol. The van der Waals surface area contributed by atoms with Crippen LogP contribution in [0.4, 0.5) is 0 Å². The van der Waals surface area contributed by atoms with Gasteiger partial charge in [0.05, 0.1) is 0 Å². The molecule has 0 radical (unpaired) electrons. The highest BCUT2D eigenvalue weighted by molar-refractivity contribution is 5.73. The molecule has 0 aliphatic rings. The van der Waals surface area contributed by atoms with E-state index in [1.165, 1.54) is 6.21 Å². The van der Waals surface area contributed by atoms with E-state index in [1.54, 1.807) is 6.92 Å². The van der Waals surface area contributed by atoms with Crippen LogP contribution in [0.15, 0.2) is 12.2 Å². The van der Waals surface area contributed by atoms with E-state index in [0.29, 0.717) is 0 Å². The van der Waals surface area contributed by atoms with Crippen molar-refractivity contribution < 1.29 is 0 Å². The predicted octanol–water partition coefficient (Wildman–Crippen LogP) is 3.26. The van der Waals surface area contributed by atoms with E-state index in [1.807, 2.05) is 27.7 Å². The molecule has 0 rings (SSSR count).